The van der Waals surface area contributed by atoms with Gasteiger partial charge >= 0.3 is 5.97 Å². The van der Waals surface area contributed by atoms with Crippen LogP contribution in [0.4, 0.5) is 0 Å². The first kappa shape index (κ1) is 15.9. The van der Waals surface area contributed by atoms with Crippen molar-refractivity contribution in [2.45, 2.75) is 12.8 Å². The summed E-state index contributed by atoms with van der Waals surface area (Å²) in [6.07, 6.45) is 5.31. The second-order valence-electron chi connectivity index (χ2n) is 5.25. The predicted molar refractivity (Wildman–Crippen MR) is 87.5 cm³/mol. The van der Waals surface area contributed by atoms with Gasteiger partial charge in [0.2, 0.25) is 5.75 Å². The maximum atomic E-state index is 11.5. The Morgan fingerprint density at radius 2 is 1.83 bits per heavy atom. The van der Waals surface area contributed by atoms with Crippen LogP contribution in [0.1, 0.15) is 28.2 Å². The molecular weight excluding hydrogens is 312 g/mol. The fourth-order valence-corrected chi connectivity index (χ4v) is 2.86. The number of aromatic nitrogens is 2. The summed E-state index contributed by atoms with van der Waals surface area (Å²) in [5.74, 6) is 0.394. The van der Waals surface area contributed by atoms with Crippen LogP contribution in [0.15, 0.2) is 18.2 Å². The number of hydrogen-bond acceptors (Lipinski definition) is 5. The Hall–Kier alpha value is -2.96. The van der Waals surface area contributed by atoms with E-state index >= 15 is 0 Å². The molecule has 1 aliphatic carbocycles. The zero-order chi connectivity index (χ0) is 17.3. The number of ether oxygens (including phenoxy) is 3. The van der Waals surface area contributed by atoms with E-state index in [-0.39, 0.29) is 5.69 Å². The standard InChI is InChI=1S/C17H18N2O5/c1-22-13-8-10(9-14(23-2)16(13)24-3)19-12-7-5-4-6-11(12)15(18-19)17(20)21/h4,6,8-9H,5,7H2,1-3H3,(H,20,21). The maximum Gasteiger partial charge on any atom is 0.357 e. The average Bonchev–Trinajstić information content (AvgIpc) is 3.00. The van der Waals surface area contributed by atoms with Gasteiger partial charge in [-0.15, -0.1) is 0 Å². The van der Waals surface area contributed by atoms with Crippen molar-refractivity contribution in [1.82, 2.24) is 9.78 Å². The fourth-order valence-electron chi connectivity index (χ4n) is 2.86. The molecule has 3 rings (SSSR count). The first-order chi connectivity index (χ1) is 11.6. The molecule has 0 saturated heterocycles. The van der Waals surface area contributed by atoms with Crippen molar-refractivity contribution >= 4 is 12.0 Å². The lowest BCUT2D eigenvalue weighted by Gasteiger charge is -2.16. The third-order valence-electron chi connectivity index (χ3n) is 3.95. The maximum absolute atomic E-state index is 11.5. The molecule has 1 aromatic heterocycles. The van der Waals surface area contributed by atoms with Crippen molar-refractivity contribution in [2.75, 3.05) is 21.3 Å². The number of methoxy groups -OCH3 is 3. The second kappa shape index (κ2) is 6.27. The Labute approximate surface area is 139 Å². The highest BCUT2D eigenvalue weighted by Gasteiger charge is 2.24. The van der Waals surface area contributed by atoms with E-state index in [1.165, 1.54) is 21.3 Å². The number of carboxylic acid groups (broad SMARTS) is 1. The molecule has 7 nitrogen and oxygen atoms in total. The van der Waals surface area contributed by atoms with E-state index in [1.54, 1.807) is 16.8 Å². The van der Waals surface area contributed by atoms with Crippen molar-refractivity contribution in [3.63, 3.8) is 0 Å². The summed E-state index contributed by atoms with van der Waals surface area (Å²) in [5.41, 5.74) is 2.19. The molecule has 126 valence electrons. The van der Waals surface area contributed by atoms with Gasteiger partial charge in [0.25, 0.3) is 0 Å². The summed E-state index contributed by atoms with van der Waals surface area (Å²) < 4.78 is 17.7. The topological polar surface area (TPSA) is 82.8 Å². The lowest BCUT2D eigenvalue weighted by molar-refractivity contribution is 0.0689. The molecule has 1 N–H and O–H groups in total. The molecule has 1 aliphatic rings. The molecule has 0 amide bonds. The Morgan fingerprint density at radius 3 is 2.38 bits per heavy atom. The van der Waals surface area contributed by atoms with Crippen LogP contribution >= 0.6 is 0 Å². The number of hydrogen-bond donors (Lipinski definition) is 1. The number of aromatic carboxylic acids is 1. The summed E-state index contributed by atoms with van der Waals surface area (Å²) in [7, 11) is 4.60. The number of carboxylic acids is 1. The molecule has 0 bridgehead atoms. The molecule has 2 aromatic rings. The van der Waals surface area contributed by atoms with Crippen molar-refractivity contribution in [2.24, 2.45) is 0 Å². The Morgan fingerprint density at radius 1 is 1.17 bits per heavy atom. The summed E-state index contributed by atoms with van der Waals surface area (Å²) in [4.78, 5) is 11.5. The molecule has 0 aliphatic heterocycles. The Bertz CT molecular complexity index is 798. The third kappa shape index (κ3) is 2.47. The normalized spacial score (nSPS) is 12.6. The summed E-state index contributed by atoms with van der Waals surface area (Å²) >= 11 is 0. The molecule has 0 spiro atoms. The summed E-state index contributed by atoms with van der Waals surface area (Å²) in [6, 6.07) is 3.50. The molecule has 7 heteroatoms. The van der Waals surface area contributed by atoms with Gasteiger partial charge in [-0.05, 0) is 12.8 Å². The number of benzene rings is 1. The van der Waals surface area contributed by atoms with E-state index < -0.39 is 5.97 Å². The smallest absolute Gasteiger partial charge is 0.357 e. The molecule has 24 heavy (non-hydrogen) atoms. The third-order valence-corrected chi connectivity index (χ3v) is 3.95. The van der Waals surface area contributed by atoms with Gasteiger partial charge < -0.3 is 19.3 Å². The van der Waals surface area contributed by atoms with Crippen molar-refractivity contribution < 1.29 is 24.1 Å². The highest BCUT2D eigenvalue weighted by atomic mass is 16.5. The number of rotatable bonds is 5. The van der Waals surface area contributed by atoms with Gasteiger partial charge in [-0.3, -0.25) is 0 Å². The molecule has 0 saturated carbocycles. The van der Waals surface area contributed by atoms with Crippen molar-refractivity contribution in [1.29, 1.82) is 0 Å². The lowest BCUT2D eigenvalue weighted by atomic mass is 10.0. The lowest BCUT2D eigenvalue weighted by Crippen LogP contribution is -2.06. The largest absolute Gasteiger partial charge is 0.493 e. The van der Waals surface area contributed by atoms with Gasteiger partial charge in [0, 0.05) is 17.7 Å². The van der Waals surface area contributed by atoms with E-state index in [0.717, 1.165) is 12.1 Å². The molecule has 0 fully saturated rings. The van der Waals surface area contributed by atoms with Crippen LogP contribution < -0.4 is 14.2 Å². The number of allylic oxidation sites excluding steroid dienone is 1. The van der Waals surface area contributed by atoms with Crippen LogP contribution in [-0.2, 0) is 6.42 Å². The summed E-state index contributed by atoms with van der Waals surface area (Å²) in [6.45, 7) is 0. The first-order valence-corrected chi connectivity index (χ1v) is 7.42. The minimum atomic E-state index is -1.05. The molecule has 0 atom stereocenters. The summed E-state index contributed by atoms with van der Waals surface area (Å²) in [5, 5.41) is 13.7. The van der Waals surface area contributed by atoms with E-state index in [1.807, 2.05) is 12.2 Å². The number of carbonyl (C=O) groups is 1. The van der Waals surface area contributed by atoms with Crippen LogP contribution in [0, 0.1) is 0 Å². The quantitative estimate of drug-likeness (QED) is 0.907. The van der Waals surface area contributed by atoms with Crippen LogP contribution in [0.5, 0.6) is 17.2 Å². The van der Waals surface area contributed by atoms with E-state index in [9.17, 15) is 9.90 Å². The predicted octanol–water partition coefficient (Wildman–Crippen LogP) is 2.56. The van der Waals surface area contributed by atoms with Gasteiger partial charge in [0.05, 0.1) is 32.7 Å². The van der Waals surface area contributed by atoms with E-state index in [2.05, 4.69) is 5.10 Å². The van der Waals surface area contributed by atoms with Crippen LogP contribution in [-0.4, -0.2) is 42.2 Å². The highest BCUT2D eigenvalue weighted by Crippen LogP contribution is 2.40. The molecular formula is C17H18N2O5. The van der Waals surface area contributed by atoms with E-state index in [4.69, 9.17) is 14.2 Å². The zero-order valence-electron chi connectivity index (χ0n) is 13.7. The monoisotopic (exact) mass is 330 g/mol. The zero-order valence-corrected chi connectivity index (χ0v) is 13.7. The van der Waals surface area contributed by atoms with Gasteiger partial charge in [0.15, 0.2) is 17.2 Å². The first-order valence-electron chi connectivity index (χ1n) is 7.42. The number of fused-ring (bicyclic) bond motifs is 1. The molecule has 0 unspecified atom stereocenters. The van der Waals surface area contributed by atoms with Gasteiger partial charge in [-0.25, -0.2) is 9.48 Å². The van der Waals surface area contributed by atoms with Crippen LogP contribution in [0.2, 0.25) is 0 Å². The minimum absolute atomic E-state index is 0.0368. The van der Waals surface area contributed by atoms with Crippen LogP contribution in [0.25, 0.3) is 11.8 Å². The van der Waals surface area contributed by atoms with Crippen molar-refractivity contribution in [3.05, 3.63) is 35.2 Å². The molecule has 1 heterocycles. The SMILES string of the molecule is COc1cc(-n2nc(C(=O)O)c3c2CCC=C3)cc(OC)c1OC. The van der Waals surface area contributed by atoms with Gasteiger partial charge in [0.1, 0.15) is 0 Å². The molecule has 1 aromatic carbocycles. The van der Waals surface area contributed by atoms with Gasteiger partial charge in [-0.1, -0.05) is 12.2 Å². The average molecular weight is 330 g/mol. The van der Waals surface area contributed by atoms with Gasteiger partial charge in [-0.2, -0.15) is 5.10 Å². The molecule has 0 radical (unpaired) electrons. The number of nitrogens with zero attached hydrogens (tertiary/aromatic N) is 2. The fraction of sp³-hybridized carbons (Fsp3) is 0.294. The van der Waals surface area contributed by atoms with Crippen LogP contribution in [0.3, 0.4) is 0 Å². The second-order valence-corrected chi connectivity index (χ2v) is 5.25. The Balaban J connectivity index is 2.23. The van der Waals surface area contributed by atoms with E-state index in [0.29, 0.717) is 34.9 Å². The Kier molecular flexibility index (Phi) is 4.16. The minimum Gasteiger partial charge on any atom is -0.493 e. The highest BCUT2D eigenvalue weighted by molar-refractivity contribution is 5.91. The van der Waals surface area contributed by atoms with Crippen molar-refractivity contribution in [3.8, 4) is 22.9 Å².